The van der Waals surface area contributed by atoms with Crippen molar-refractivity contribution in [1.29, 1.82) is 0 Å². The van der Waals surface area contributed by atoms with Crippen molar-refractivity contribution in [3.05, 3.63) is 11.6 Å². The molecule has 1 fully saturated rings. The van der Waals surface area contributed by atoms with E-state index in [-0.39, 0.29) is 5.97 Å². The standard InChI is InChI=1S/C13H22O2/c1-8(2)11-10(13(11,4)5)7-9(3)12(14)15-6/h7-8,10-11H,1-6H3/b9-7+/t10-,11-/m1/s1. The Balaban J connectivity index is 2.73. The number of hydrogen-bond donors (Lipinski definition) is 0. The Morgan fingerprint density at radius 2 is 1.93 bits per heavy atom. The summed E-state index contributed by atoms with van der Waals surface area (Å²) in [6.45, 7) is 10.9. The molecule has 1 rings (SSSR count). The summed E-state index contributed by atoms with van der Waals surface area (Å²) in [6.07, 6.45) is 2.08. The molecule has 0 N–H and O–H groups in total. The average molecular weight is 210 g/mol. The number of carbonyl (C=O) groups excluding carboxylic acids is 1. The van der Waals surface area contributed by atoms with E-state index in [1.54, 1.807) is 0 Å². The third-order valence-electron chi connectivity index (χ3n) is 3.65. The number of allylic oxidation sites excluding steroid dienone is 1. The molecule has 2 heteroatoms. The lowest BCUT2D eigenvalue weighted by Crippen LogP contribution is -2.02. The number of rotatable bonds is 3. The zero-order valence-electron chi connectivity index (χ0n) is 10.6. The summed E-state index contributed by atoms with van der Waals surface area (Å²) in [4.78, 5) is 11.3. The van der Waals surface area contributed by atoms with Gasteiger partial charge in [0.25, 0.3) is 0 Å². The summed E-state index contributed by atoms with van der Waals surface area (Å²) in [6, 6.07) is 0. The third-order valence-corrected chi connectivity index (χ3v) is 3.65. The van der Waals surface area contributed by atoms with Gasteiger partial charge in [-0.05, 0) is 30.1 Å². The van der Waals surface area contributed by atoms with Gasteiger partial charge in [-0.3, -0.25) is 0 Å². The third kappa shape index (κ3) is 2.24. The van der Waals surface area contributed by atoms with Crippen molar-refractivity contribution in [2.45, 2.75) is 34.6 Å². The van der Waals surface area contributed by atoms with Gasteiger partial charge in [0, 0.05) is 5.57 Å². The van der Waals surface area contributed by atoms with E-state index in [0.717, 1.165) is 5.57 Å². The van der Waals surface area contributed by atoms with E-state index in [1.165, 1.54) is 7.11 Å². The molecule has 2 nitrogen and oxygen atoms in total. The molecule has 2 atom stereocenters. The number of esters is 1. The van der Waals surface area contributed by atoms with Crippen LogP contribution in [-0.4, -0.2) is 13.1 Å². The molecule has 86 valence electrons. The Kier molecular flexibility index (Phi) is 3.27. The SMILES string of the molecule is COC(=O)/C(C)=C/[C@@H]1[C@@H](C(C)C)C1(C)C. The van der Waals surface area contributed by atoms with Gasteiger partial charge in [-0.25, -0.2) is 4.79 Å². The van der Waals surface area contributed by atoms with E-state index in [4.69, 9.17) is 4.74 Å². The van der Waals surface area contributed by atoms with Gasteiger partial charge >= 0.3 is 5.97 Å². The Morgan fingerprint density at radius 1 is 1.40 bits per heavy atom. The highest BCUT2D eigenvalue weighted by molar-refractivity contribution is 5.87. The Labute approximate surface area is 92.7 Å². The van der Waals surface area contributed by atoms with E-state index in [2.05, 4.69) is 33.8 Å². The van der Waals surface area contributed by atoms with Crippen molar-refractivity contribution in [2.75, 3.05) is 7.11 Å². The fourth-order valence-corrected chi connectivity index (χ4v) is 2.81. The molecule has 0 aliphatic heterocycles. The molecular formula is C13H22O2. The molecule has 1 aliphatic carbocycles. The molecule has 0 heterocycles. The normalized spacial score (nSPS) is 29.1. The van der Waals surface area contributed by atoms with Crippen molar-refractivity contribution < 1.29 is 9.53 Å². The summed E-state index contributed by atoms with van der Waals surface area (Å²) in [7, 11) is 1.43. The summed E-state index contributed by atoms with van der Waals surface area (Å²) >= 11 is 0. The molecule has 0 unspecified atom stereocenters. The van der Waals surface area contributed by atoms with E-state index in [0.29, 0.717) is 23.2 Å². The van der Waals surface area contributed by atoms with E-state index < -0.39 is 0 Å². The second kappa shape index (κ2) is 3.99. The van der Waals surface area contributed by atoms with Crippen molar-refractivity contribution in [3.8, 4) is 0 Å². The number of hydrogen-bond acceptors (Lipinski definition) is 2. The first-order valence-corrected chi connectivity index (χ1v) is 5.59. The summed E-state index contributed by atoms with van der Waals surface area (Å²) in [5, 5.41) is 0. The van der Waals surface area contributed by atoms with Crippen LogP contribution >= 0.6 is 0 Å². The minimum Gasteiger partial charge on any atom is -0.466 e. The summed E-state index contributed by atoms with van der Waals surface area (Å²) in [5.74, 6) is 1.68. The predicted octanol–water partition coefficient (Wildman–Crippen LogP) is 3.03. The number of ether oxygens (including phenoxy) is 1. The molecule has 0 saturated heterocycles. The van der Waals surface area contributed by atoms with Crippen LogP contribution < -0.4 is 0 Å². The first-order valence-electron chi connectivity index (χ1n) is 5.59. The van der Waals surface area contributed by atoms with E-state index in [9.17, 15) is 4.79 Å². The van der Waals surface area contributed by atoms with E-state index in [1.807, 2.05) is 6.92 Å². The molecule has 0 spiro atoms. The lowest BCUT2D eigenvalue weighted by atomic mass is 10.0. The maximum Gasteiger partial charge on any atom is 0.333 e. The van der Waals surface area contributed by atoms with Crippen LogP contribution in [0.5, 0.6) is 0 Å². The van der Waals surface area contributed by atoms with Gasteiger partial charge < -0.3 is 4.74 Å². The van der Waals surface area contributed by atoms with Crippen LogP contribution in [-0.2, 0) is 9.53 Å². The highest BCUT2D eigenvalue weighted by Gasteiger charge is 2.57. The fourth-order valence-electron chi connectivity index (χ4n) is 2.81. The second-order valence-electron chi connectivity index (χ2n) is 5.46. The lowest BCUT2D eigenvalue weighted by molar-refractivity contribution is -0.136. The number of methoxy groups -OCH3 is 1. The second-order valence-corrected chi connectivity index (χ2v) is 5.46. The quantitative estimate of drug-likeness (QED) is 0.528. The van der Waals surface area contributed by atoms with Gasteiger partial charge in [0.05, 0.1) is 7.11 Å². The zero-order chi connectivity index (χ0) is 11.8. The van der Waals surface area contributed by atoms with Gasteiger partial charge in [0.1, 0.15) is 0 Å². The highest BCUT2D eigenvalue weighted by atomic mass is 16.5. The van der Waals surface area contributed by atoms with Gasteiger partial charge in [0.2, 0.25) is 0 Å². The van der Waals surface area contributed by atoms with Gasteiger partial charge in [-0.1, -0.05) is 33.8 Å². The maximum absolute atomic E-state index is 11.3. The fraction of sp³-hybridized carbons (Fsp3) is 0.769. The summed E-state index contributed by atoms with van der Waals surface area (Å²) < 4.78 is 4.70. The predicted molar refractivity (Wildman–Crippen MR) is 61.4 cm³/mol. The minimum absolute atomic E-state index is 0.208. The van der Waals surface area contributed by atoms with Gasteiger partial charge in [-0.15, -0.1) is 0 Å². The molecule has 0 amide bonds. The lowest BCUT2D eigenvalue weighted by Gasteiger charge is -2.04. The van der Waals surface area contributed by atoms with Gasteiger partial charge in [0.15, 0.2) is 0 Å². The van der Waals surface area contributed by atoms with Gasteiger partial charge in [-0.2, -0.15) is 0 Å². The van der Waals surface area contributed by atoms with Crippen LogP contribution in [0.1, 0.15) is 34.6 Å². The van der Waals surface area contributed by atoms with Crippen LogP contribution in [0.25, 0.3) is 0 Å². The highest BCUT2D eigenvalue weighted by Crippen LogP contribution is 2.62. The van der Waals surface area contributed by atoms with Crippen molar-refractivity contribution in [1.82, 2.24) is 0 Å². The van der Waals surface area contributed by atoms with Crippen molar-refractivity contribution in [3.63, 3.8) is 0 Å². The summed E-state index contributed by atoms with van der Waals surface area (Å²) in [5.41, 5.74) is 1.07. The topological polar surface area (TPSA) is 26.3 Å². The Bertz CT molecular complexity index is 287. The average Bonchev–Trinajstić information content (AvgIpc) is 2.66. The van der Waals surface area contributed by atoms with Crippen LogP contribution in [0, 0.1) is 23.2 Å². The molecular weight excluding hydrogens is 188 g/mol. The Hall–Kier alpha value is -0.790. The molecule has 0 aromatic carbocycles. The van der Waals surface area contributed by atoms with Crippen LogP contribution in [0.4, 0.5) is 0 Å². The first kappa shape index (κ1) is 12.3. The molecule has 15 heavy (non-hydrogen) atoms. The molecule has 1 aliphatic rings. The molecule has 1 saturated carbocycles. The smallest absolute Gasteiger partial charge is 0.333 e. The minimum atomic E-state index is -0.208. The van der Waals surface area contributed by atoms with Crippen molar-refractivity contribution >= 4 is 5.97 Å². The van der Waals surface area contributed by atoms with Crippen molar-refractivity contribution in [2.24, 2.45) is 23.2 Å². The van der Waals surface area contributed by atoms with E-state index >= 15 is 0 Å². The maximum atomic E-state index is 11.3. The Morgan fingerprint density at radius 3 is 2.27 bits per heavy atom. The van der Waals surface area contributed by atoms with Crippen LogP contribution in [0.3, 0.4) is 0 Å². The molecule has 0 aromatic heterocycles. The first-order chi connectivity index (χ1) is 6.82. The van der Waals surface area contributed by atoms with Crippen LogP contribution in [0.15, 0.2) is 11.6 Å². The molecule has 0 aromatic rings. The largest absolute Gasteiger partial charge is 0.466 e. The molecule has 0 bridgehead atoms. The molecule has 0 radical (unpaired) electrons. The van der Waals surface area contributed by atoms with Crippen LogP contribution in [0.2, 0.25) is 0 Å². The number of carbonyl (C=O) groups is 1. The monoisotopic (exact) mass is 210 g/mol. The zero-order valence-corrected chi connectivity index (χ0v) is 10.6.